The number of allylic oxidation sites excluding steroid dienone is 1. The zero-order chi connectivity index (χ0) is 34.4. The zero-order valence-corrected chi connectivity index (χ0v) is 27.9. The van der Waals surface area contributed by atoms with Crippen molar-refractivity contribution < 1.29 is 33.8 Å². The number of ether oxygens (including phenoxy) is 2. The van der Waals surface area contributed by atoms with Crippen LogP contribution in [-0.2, 0) is 28.7 Å². The van der Waals surface area contributed by atoms with Crippen LogP contribution in [0.1, 0.15) is 61.3 Å². The number of fused-ring (bicyclic) bond motifs is 1. The van der Waals surface area contributed by atoms with Gasteiger partial charge in [0.25, 0.3) is 5.91 Å². The lowest BCUT2D eigenvalue weighted by molar-refractivity contribution is -0.146. The van der Waals surface area contributed by atoms with Crippen LogP contribution in [0.4, 0.5) is 5.69 Å². The summed E-state index contributed by atoms with van der Waals surface area (Å²) in [4.78, 5) is 59.1. The van der Waals surface area contributed by atoms with E-state index in [0.717, 1.165) is 22.4 Å². The Morgan fingerprint density at radius 2 is 1.92 bits per heavy atom. The number of carbonyl (C=O) groups excluding carboxylic acids is 4. The molecule has 2 N–H and O–H groups in total. The van der Waals surface area contributed by atoms with Crippen LogP contribution in [0.3, 0.4) is 0 Å². The van der Waals surface area contributed by atoms with Gasteiger partial charge >= 0.3 is 5.97 Å². The van der Waals surface area contributed by atoms with Crippen LogP contribution in [0.25, 0.3) is 0 Å². The number of aliphatic hydroxyl groups excluding tert-OH is 1. The van der Waals surface area contributed by atoms with Crippen LogP contribution in [0, 0.1) is 25.7 Å². The second-order valence-corrected chi connectivity index (χ2v) is 13.0. The highest BCUT2D eigenvalue weighted by atomic mass is 16.5. The fraction of sp³-hybridized carbons (Fsp3) is 0.474. The lowest BCUT2D eigenvalue weighted by atomic mass is 9.70. The molecule has 10 heteroatoms. The molecule has 3 fully saturated rings. The maximum Gasteiger partial charge on any atom is 0.306 e. The molecule has 3 amide bonds. The second kappa shape index (κ2) is 15.3. The summed E-state index contributed by atoms with van der Waals surface area (Å²) in [6.07, 6.45) is 5.37. The standard InChI is InChI=1S/C38H47N3O7/c1-5-7-15-31(43)47-24-28(27-13-9-8-10-14-27)39-35(44)32-30-18-19-38(48-30)33(32)36(45)41(21-11-12-22-42)34(38)37(46)40(20-6-2)29-23-25(3)16-17-26(29)4/h5-6,8-10,13-14,16-17,23,28,30,32-34,42H,1-2,7,11-12,15,18-22,24H2,3-4H3,(H,39,44)/t28-,30-,32+,33+,34-,38+/m0/s1. The summed E-state index contributed by atoms with van der Waals surface area (Å²) in [5, 5.41) is 12.6. The van der Waals surface area contributed by atoms with Gasteiger partial charge in [0.1, 0.15) is 18.2 Å². The largest absolute Gasteiger partial charge is 0.463 e. The van der Waals surface area contributed by atoms with Crippen molar-refractivity contribution in [2.45, 2.75) is 76.2 Å². The van der Waals surface area contributed by atoms with Crippen molar-refractivity contribution in [1.29, 1.82) is 0 Å². The molecule has 6 atom stereocenters. The maximum atomic E-state index is 14.8. The van der Waals surface area contributed by atoms with Gasteiger partial charge in [-0.25, -0.2) is 0 Å². The van der Waals surface area contributed by atoms with E-state index in [9.17, 15) is 24.3 Å². The number of hydrogen-bond donors (Lipinski definition) is 2. The second-order valence-electron chi connectivity index (χ2n) is 13.0. The predicted molar refractivity (Wildman–Crippen MR) is 182 cm³/mol. The van der Waals surface area contributed by atoms with E-state index in [4.69, 9.17) is 9.47 Å². The molecule has 5 rings (SSSR count). The number of aliphatic hydroxyl groups is 1. The van der Waals surface area contributed by atoms with Crippen molar-refractivity contribution in [3.05, 3.63) is 90.5 Å². The molecule has 2 aromatic rings. The molecule has 3 aliphatic heterocycles. The molecule has 0 unspecified atom stereocenters. The molecule has 0 aliphatic carbocycles. The molecule has 3 saturated heterocycles. The van der Waals surface area contributed by atoms with Crippen LogP contribution in [0.15, 0.2) is 73.8 Å². The van der Waals surface area contributed by atoms with Crippen LogP contribution in [-0.4, -0.2) is 77.7 Å². The van der Waals surface area contributed by atoms with Crippen LogP contribution in [0.2, 0.25) is 0 Å². The summed E-state index contributed by atoms with van der Waals surface area (Å²) < 4.78 is 12.2. The molecule has 2 bridgehead atoms. The molecule has 1 spiro atoms. The van der Waals surface area contributed by atoms with Crippen molar-refractivity contribution in [2.24, 2.45) is 11.8 Å². The minimum atomic E-state index is -1.18. The number of rotatable bonds is 16. The van der Waals surface area contributed by atoms with Gasteiger partial charge in [-0.15, -0.1) is 13.2 Å². The Balaban J connectivity index is 1.46. The van der Waals surface area contributed by atoms with E-state index in [0.29, 0.717) is 32.1 Å². The average Bonchev–Trinajstić information content (AvgIpc) is 3.73. The number of carbonyl (C=O) groups is 4. The molecule has 0 radical (unpaired) electrons. The minimum absolute atomic E-state index is 0.0388. The molecule has 0 saturated carbocycles. The first-order chi connectivity index (χ1) is 23.2. The monoisotopic (exact) mass is 657 g/mol. The zero-order valence-electron chi connectivity index (χ0n) is 27.9. The third-order valence-corrected chi connectivity index (χ3v) is 9.86. The predicted octanol–water partition coefficient (Wildman–Crippen LogP) is 4.34. The summed E-state index contributed by atoms with van der Waals surface area (Å²) >= 11 is 0. The third kappa shape index (κ3) is 6.82. The Morgan fingerprint density at radius 1 is 1.15 bits per heavy atom. The number of hydrogen-bond acceptors (Lipinski definition) is 7. The SMILES string of the molecule is C=CCCC(=O)OC[C@H](NC(=O)[C@@H]1[C@@H]2CC[C@]3(O2)[C@H](C(=O)N(CC=C)c2cc(C)ccc2C)N(CCCCO)C(=O)[C@@H]13)c1ccccc1. The maximum absolute atomic E-state index is 14.8. The van der Waals surface area contributed by atoms with Crippen LogP contribution >= 0.6 is 0 Å². The van der Waals surface area contributed by atoms with Gasteiger partial charge < -0.3 is 29.7 Å². The summed E-state index contributed by atoms with van der Waals surface area (Å²) in [5.74, 6) is -3.04. The van der Waals surface area contributed by atoms with E-state index in [-0.39, 0.29) is 50.4 Å². The smallest absolute Gasteiger partial charge is 0.306 e. The fourth-order valence-electron chi connectivity index (χ4n) is 7.60. The number of nitrogens with one attached hydrogen (secondary N) is 1. The Morgan fingerprint density at radius 3 is 2.62 bits per heavy atom. The van der Waals surface area contributed by atoms with Crippen molar-refractivity contribution in [1.82, 2.24) is 10.2 Å². The van der Waals surface area contributed by atoms with Gasteiger partial charge in [-0.05, 0) is 68.7 Å². The van der Waals surface area contributed by atoms with E-state index in [1.807, 2.05) is 62.4 Å². The van der Waals surface area contributed by atoms with Gasteiger partial charge in [-0.1, -0.05) is 54.6 Å². The number of nitrogens with zero attached hydrogens (tertiary/aromatic N) is 2. The first-order valence-corrected chi connectivity index (χ1v) is 16.9. The van der Waals surface area contributed by atoms with Crippen molar-refractivity contribution in [2.75, 3.05) is 31.2 Å². The van der Waals surface area contributed by atoms with Crippen molar-refractivity contribution in [3.63, 3.8) is 0 Å². The van der Waals surface area contributed by atoms with Crippen LogP contribution < -0.4 is 10.2 Å². The first-order valence-electron chi connectivity index (χ1n) is 16.9. The molecule has 48 heavy (non-hydrogen) atoms. The van der Waals surface area contributed by atoms with E-state index in [1.54, 1.807) is 22.0 Å². The van der Waals surface area contributed by atoms with Gasteiger partial charge in [0.05, 0.1) is 24.0 Å². The Bertz CT molecular complexity index is 1530. The van der Waals surface area contributed by atoms with E-state index < -0.39 is 41.6 Å². The van der Waals surface area contributed by atoms with Gasteiger partial charge in [-0.3, -0.25) is 19.2 Å². The van der Waals surface area contributed by atoms with Gasteiger partial charge in [0, 0.05) is 31.8 Å². The highest BCUT2D eigenvalue weighted by Gasteiger charge is 2.74. The average molecular weight is 658 g/mol. The molecule has 3 heterocycles. The van der Waals surface area contributed by atoms with Crippen LogP contribution in [0.5, 0.6) is 0 Å². The molecule has 10 nitrogen and oxygen atoms in total. The van der Waals surface area contributed by atoms with Gasteiger partial charge in [-0.2, -0.15) is 0 Å². The van der Waals surface area contributed by atoms with Crippen molar-refractivity contribution in [3.8, 4) is 0 Å². The first kappa shape index (κ1) is 35.0. The Hall–Kier alpha value is -4.28. The van der Waals surface area contributed by atoms with E-state index in [1.165, 1.54) is 0 Å². The molecule has 2 aromatic carbocycles. The Labute approximate surface area is 282 Å². The Kier molecular flexibility index (Phi) is 11.2. The van der Waals surface area contributed by atoms with E-state index >= 15 is 0 Å². The topological polar surface area (TPSA) is 125 Å². The summed E-state index contributed by atoms with van der Waals surface area (Å²) in [6.45, 7) is 11.8. The fourth-order valence-corrected chi connectivity index (χ4v) is 7.60. The molecule has 256 valence electrons. The van der Waals surface area contributed by atoms with Gasteiger partial charge in [0.15, 0.2) is 0 Å². The highest BCUT2D eigenvalue weighted by Crippen LogP contribution is 2.58. The number of likely N-dealkylation sites (tertiary alicyclic amines) is 1. The highest BCUT2D eigenvalue weighted by molar-refractivity contribution is 6.05. The number of anilines is 1. The lowest BCUT2D eigenvalue weighted by Gasteiger charge is -2.37. The summed E-state index contributed by atoms with van der Waals surface area (Å²) in [7, 11) is 0. The van der Waals surface area contributed by atoms with Crippen molar-refractivity contribution >= 4 is 29.4 Å². The number of unbranched alkanes of at least 4 members (excludes halogenated alkanes) is 1. The molecule has 3 aliphatic rings. The van der Waals surface area contributed by atoms with E-state index in [2.05, 4.69) is 18.5 Å². The lowest BCUT2D eigenvalue weighted by Crippen LogP contribution is -2.56. The minimum Gasteiger partial charge on any atom is -0.463 e. The number of aryl methyl sites for hydroxylation is 2. The quantitative estimate of drug-likeness (QED) is 0.156. The molecule has 0 aromatic heterocycles. The summed E-state index contributed by atoms with van der Waals surface area (Å²) in [5.41, 5.74) is 2.21. The molecular formula is C38H47N3O7. The number of benzene rings is 2. The number of amides is 3. The normalized spacial score (nSPS) is 24.6. The molecular weight excluding hydrogens is 610 g/mol. The third-order valence-electron chi connectivity index (χ3n) is 9.86. The summed E-state index contributed by atoms with van der Waals surface area (Å²) in [6, 6.07) is 13.5. The number of esters is 1. The van der Waals surface area contributed by atoms with Gasteiger partial charge in [0.2, 0.25) is 11.8 Å².